The molecule has 1 aromatic heterocycles. The smallest absolute Gasteiger partial charge is 0.328 e. The highest BCUT2D eigenvalue weighted by Crippen LogP contribution is 2.25. The van der Waals surface area contributed by atoms with E-state index in [1.807, 2.05) is 27.1 Å². The van der Waals surface area contributed by atoms with Crippen LogP contribution < -0.4 is 15.0 Å². The Hall–Kier alpha value is -2.08. The van der Waals surface area contributed by atoms with Crippen LogP contribution in [0.15, 0.2) is 18.2 Å². The van der Waals surface area contributed by atoms with E-state index in [9.17, 15) is 0 Å². The van der Waals surface area contributed by atoms with Crippen molar-refractivity contribution in [3.63, 3.8) is 0 Å². The second-order valence-electron chi connectivity index (χ2n) is 4.40. The van der Waals surface area contributed by atoms with Crippen LogP contribution in [-0.2, 0) is 0 Å². The molecular formula is C13H16ClN5O. The molecule has 0 aliphatic carbocycles. The molecule has 2 aromatic rings. The summed E-state index contributed by atoms with van der Waals surface area (Å²) in [5.74, 6) is 1.60. The summed E-state index contributed by atoms with van der Waals surface area (Å²) in [5, 5.41) is 3.57. The van der Waals surface area contributed by atoms with Gasteiger partial charge in [0.05, 0.1) is 0 Å². The predicted molar refractivity (Wildman–Crippen MR) is 80.0 cm³/mol. The van der Waals surface area contributed by atoms with Crippen LogP contribution in [0.4, 0.5) is 11.9 Å². The minimum atomic E-state index is 0.231. The summed E-state index contributed by atoms with van der Waals surface area (Å²) < 4.78 is 5.66. The molecule has 0 spiro atoms. The number of aromatic nitrogens is 3. The van der Waals surface area contributed by atoms with E-state index in [0.29, 0.717) is 22.7 Å². The molecule has 106 valence electrons. The monoisotopic (exact) mass is 293 g/mol. The summed E-state index contributed by atoms with van der Waals surface area (Å²) >= 11 is 5.98. The Labute approximate surface area is 122 Å². The molecule has 0 unspecified atom stereocenters. The number of halogens is 1. The van der Waals surface area contributed by atoms with Crippen LogP contribution in [0.5, 0.6) is 11.8 Å². The first kappa shape index (κ1) is 14.3. The van der Waals surface area contributed by atoms with Crippen molar-refractivity contribution in [3.05, 3.63) is 28.8 Å². The average molecular weight is 294 g/mol. The van der Waals surface area contributed by atoms with E-state index < -0.39 is 0 Å². The second kappa shape index (κ2) is 5.92. The minimum absolute atomic E-state index is 0.231. The summed E-state index contributed by atoms with van der Waals surface area (Å²) in [6.07, 6.45) is 0. The molecule has 1 aromatic carbocycles. The van der Waals surface area contributed by atoms with E-state index >= 15 is 0 Å². The maximum absolute atomic E-state index is 5.98. The van der Waals surface area contributed by atoms with E-state index in [2.05, 4.69) is 20.3 Å². The van der Waals surface area contributed by atoms with Crippen LogP contribution in [0.25, 0.3) is 0 Å². The Kier molecular flexibility index (Phi) is 4.24. The summed E-state index contributed by atoms with van der Waals surface area (Å²) in [6.45, 7) is 1.91. The molecule has 0 aliphatic rings. The molecule has 0 amide bonds. The number of hydrogen-bond acceptors (Lipinski definition) is 6. The Balaban J connectivity index is 2.32. The van der Waals surface area contributed by atoms with Crippen molar-refractivity contribution in [1.82, 2.24) is 15.0 Å². The van der Waals surface area contributed by atoms with Gasteiger partial charge in [0.1, 0.15) is 5.75 Å². The highest BCUT2D eigenvalue weighted by molar-refractivity contribution is 6.31. The van der Waals surface area contributed by atoms with Gasteiger partial charge in [0.2, 0.25) is 11.9 Å². The molecule has 6 nitrogen and oxygen atoms in total. The van der Waals surface area contributed by atoms with Gasteiger partial charge in [-0.25, -0.2) is 0 Å². The van der Waals surface area contributed by atoms with Crippen LogP contribution >= 0.6 is 11.6 Å². The number of benzene rings is 1. The van der Waals surface area contributed by atoms with Gasteiger partial charge in [0.25, 0.3) is 0 Å². The number of rotatable bonds is 4. The first-order valence-corrected chi connectivity index (χ1v) is 6.42. The summed E-state index contributed by atoms with van der Waals surface area (Å²) in [5.41, 5.74) is 0.930. The lowest BCUT2D eigenvalue weighted by Gasteiger charge is -2.12. The van der Waals surface area contributed by atoms with E-state index in [4.69, 9.17) is 16.3 Å². The van der Waals surface area contributed by atoms with Crippen LogP contribution in [0, 0.1) is 6.92 Å². The van der Waals surface area contributed by atoms with Gasteiger partial charge in [-0.05, 0) is 30.7 Å². The third kappa shape index (κ3) is 3.27. The molecule has 1 N–H and O–H groups in total. The van der Waals surface area contributed by atoms with Gasteiger partial charge in [0.15, 0.2) is 0 Å². The van der Waals surface area contributed by atoms with E-state index in [-0.39, 0.29) is 6.01 Å². The van der Waals surface area contributed by atoms with Crippen molar-refractivity contribution in [2.24, 2.45) is 0 Å². The van der Waals surface area contributed by atoms with Crippen molar-refractivity contribution in [2.45, 2.75) is 6.92 Å². The van der Waals surface area contributed by atoms with Crippen LogP contribution in [0.2, 0.25) is 5.02 Å². The fourth-order valence-electron chi connectivity index (χ4n) is 1.49. The van der Waals surface area contributed by atoms with Crippen LogP contribution in [0.1, 0.15) is 5.56 Å². The zero-order valence-electron chi connectivity index (χ0n) is 11.8. The number of nitrogens with one attached hydrogen (secondary N) is 1. The maximum atomic E-state index is 5.98. The number of aryl methyl sites for hydroxylation is 1. The molecule has 0 fully saturated rings. The van der Waals surface area contributed by atoms with E-state index in [1.54, 1.807) is 24.1 Å². The lowest BCUT2D eigenvalue weighted by atomic mass is 10.2. The molecule has 2 rings (SSSR count). The highest BCUT2D eigenvalue weighted by atomic mass is 35.5. The SMILES string of the molecule is CNc1nc(Oc2ccc(Cl)c(C)c2)nc(N(C)C)n1. The Morgan fingerprint density at radius 3 is 2.55 bits per heavy atom. The second-order valence-corrected chi connectivity index (χ2v) is 4.81. The Bertz CT molecular complexity index is 618. The number of ether oxygens (including phenoxy) is 1. The summed E-state index contributed by atoms with van der Waals surface area (Å²) in [7, 11) is 5.45. The third-order valence-electron chi connectivity index (χ3n) is 2.57. The largest absolute Gasteiger partial charge is 0.424 e. The van der Waals surface area contributed by atoms with E-state index in [0.717, 1.165) is 5.56 Å². The molecule has 0 atom stereocenters. The first-order valence-electron chi connectivity index (χ1n) is 6.04. The molecule has 0 saturated carbocycles. The van der Waals surface area contributed by atoms with Gasteiger partial charge in [-0.3, -0.25) is 0 Å². The molecule has 0 aliphatic heterocycles. The number of anilines is 2. The third-order valence-corrected chi connectivity index (χ3v) is 2.99. The van der Waals surface area contributed by atoms with Crippen molar-refractivity contribution in [3.8, 4) is 11.8 Å². The zero-order chi connectivity index (χ0) is 14.7. The van der Waals surface area contributed by atoms with Gasteiger partial charge in [-0.1, -0.05) is 11.6 Å². The standard InChI is InChI=1S/C13H16ClN5O/c1-8-7-9(5-6-10(8)14)20-13-17-11(15-2)16-12(18-13)19(3)4/h5-7H,1-4H3,(H,15,16,17,18). The molecule has 7 heteroatoms. The molecule has 0 radical (unpaired) electrons. The molecular weight excluding hydrogens is 278 g/mol. The van der Waals surface area contributed by atoms with Gasteiger partial charge in [-0.2, -0.15) is 15.0 Å². The molecule has 1 heterocycles. The quantitative estimate of drug-likeness (QED) is 0.935. The maximum Gasteiger partial charge on any atom is 0.328 e. The van der Waals surface area contributed by atoms with Crippen molar-refractivity contribution >= 4 is 23.5 Å². The highest BCUT2D eigenvalue weighted by Gasteiger charge is 2.09. The zero-order valence-corrected chi connectivity index (χ0v) is 12.6. The fraction of sp³-hybridized carbons (Fsp3) is 0.308. The first-order chi connectivity index (χ1) is 9.49. The number of nitrogens with zero attached hydrogens (tertiary/aromatic N) is 4. The Morgan fingerprint density at radius 1 is 1.20 bits per heavy atom. The topological polar surface area (TPSA) is 63.2 Å². The lowest BCUT2D eigenvalue weighted by molar-refractivity contribution is 0.440. The molecule has 0 bridgehead atoms. The van der Waals surface area contributed by atoms with E-state index in [1.165, 1.54) is 0 Å². The average Bonchev–Trinajstić information content (AvgIpc) is 2.42. The normalized spacial score (nSPS) is 10.2. The Morgan fingerprint density at radius 2 is 1.95 bits per heavy atom. The van der Waals surface area contributed by atoms with Gasteiger partial charge in [-0.15, -0.1) is 0 Å². The minimum Gasteiger partial charge on any atom is -0.424 e. The lowest BCUT2D eigenvalue weighted by Crippen LogP contribution is -2.15. The molecule has 20 heavy (non-hydrogen) atoms. The van der Waals surface area contributed by atoms with Crippen LogP contribution in [-0.4, -0.2) is 36.1 Å². The van der Waals surface area contributed by atoms with Crippen molar-refractivity contribution in [1.29, 1.82) is 0 Å². The van der Waals surface area contributed by atoms with Crippen molar-refractivity contribution in [2.75, 3.05) is 31.4 Å². The van der Waals surface area contributed by atoms with Gasteiger partial charge >= 0.3 is 6.01 Å². The summed E-state index contributed by atoms with van der Waals surface area (Å²) in [4.78, 5) is 14.4. The van der Waals surface area contributed by atoms with Gasteiger partial charge in [0, 0.05) is 26.2 Å². The fourth-order valence-corrected chi connectivity index (χ4v) is 1.61. The van der Waals surface area contributed by atoms with Crippen molar-refractivity contribution < 1.29 is 4.74 Å². The van der Waals surface area contributed by atoms with Gasteiger partial charge < -0.3 is 15.0 Å². The number of hydrogen-bond donors (Lipinski definition) is 1. The summed E-state index contributed by atoms with van der Waals surface area (Å²) in [6, 6.07) is 5.61. The van der Waals surface area contributed by atoms with Crippen LogP contribution in [0.3, 0.4) is 0 Å². The predicted octanol–water partition coefficient (Wildman–Crippen LogP) is 2.73. The molecule has 0 saturated heterocycles.